The molecule has 1 amide bonds. The summed E-state index contributed by atoms with van der Waals surface area (Å²) >= 11 is 17.7. The molecular formula is C17H12Cl3NO. The molecule has 0 aliphatic carbocycles. The first kappa shape index (κ1) is 15.4. The van der Waals surface area contributed by atoms with E-state index in [1.54, 1.807) is 12.1 Å². The van der Waals surface area contributed by atoms with E-state index >= 15 is 0 Å². The highest BCUT2D eigenvalue weighted by Gasteiger charge is 2.24. The largest absolute Gasteiger partial charge is 0.321 e. The van der Waals surface area contributed by atoms with Crippen LogP contribution in [0.25, 0.3) is 11.6 Å². The van der Waals surface area contributed by atoms with Gasteiger partial charge in [0.15, 0.2) is 0 Å². The van der Waals surface area contributed by atoms with Crippen molar-refractivity contribution >= 4 is 58.0 Å². The molecule has 1 aliphatic rings. The van der Waals surface area contributed by atoms with Crippen LogP contribution in [-0.2, 0) is 11.2 Å². The summed E-state index contributed by atoms with van der Waals surface area (Å²) in [6.07, 6.45) is 2.58. The van der Waals surface area contributed by atoms with E-state index < -0.39 is 0 Å². The molecule has 1 aliphatic heterocycles. The molecule has 0 saturated carbocycles. The average Bonchev–Trinajstić information content (AvgIpc) is 2.79. The molecule has 0 atom stereocenters. The lowest BCUT2D eigenvalue weighted by molar-refractivity contribution is -0.110. The Balaban J connectivity index is 2.04. The Morgan fingerprint density at radius 2 is 1.86 bits per heavy atom. The van der Waals surface area contributed by atoms with E-state index in [4.69, 9.17) is 34.8 Å². The summed E-state index contributed by atoms with van der Waals surface area (Å²) < 4.78 is 0. The van der Waals surface area contributed by atoms with Crippen molar-refractivity contribution < 1.29 is 4.79 Å². The minimum Gasteiger partial charge on any atom is -0.321 e. The van der Waals surface area contributed by atoms with Crippen molar-refractivity contribution in [2.24, 2.45) is 0 Å². The maximum atomic E-state index is 12.2. The zero-order chi connectivity index (χ0) is 15.7. The van der Waals surface area contributed by atoms with Gasteiger partial charge >= 0.3 is 0 Å². The standard InChI is InChI=1S/C17H12Cl3NO/c18-6-5-10-2-4-16-12(7-10)13(17(22)21-16)8-11-1-3-14(19)15(20)9-11/h1-4,7-9H,5-6H2,(H,21,22). The molecule has 2 aromatic rings. The third-order valence-electron chi connectivity index (χ3n) is 3.50. The quantitative estimate of drug-likeness (QED) is 0.592. The monoisotopic (exact) mass is 351 g/mol. The Morgan fingerprint density at radius 3 is 2.59 bits per heavy atom. The Morgan fingerprint density at radius 1 is 1.05 bits per heavy atom. The Labute approximate surface area is 143 Å². The molecule has 1 heterocycles. The summed E-state index contributed by atoms with van der Waals surface area (Å²) in [5, 5.41) is 3.82. The fourth-order valence-corrected chi connectivity index (χ4v) is 2.94. The smallest absolute Gasteiger partial charge is 0.256 e. The fraction of sp³-hybridized carbons (Fsp3) is 0.118. The van der Waals surface area contributed by atoms with E-state index in [1.807, 2.05) is 30.3 Å². The Bertz CT molecular complexity index is 783. The number of rotatable bonds is 3. The average molecular weight is 353 g/mol. The predicted molar refractivity (Wildman–Crippen MR) is 93.8 cm³/mol. The lowest BCUT2D eigenvalue weighted by Crippen LogP contribution is -2.03. The van der Waals surface area contributed by atoms with Gasteiger partial charge in [-0.15, -0.1) is 11.6 Å². The summed E-state index contributed by atoms with van der Waals surface area (Å²) in [4.78, 5) is 12.2. The van der Waals surface area contributed by atoms with Gasteiger partial charge < -0.3 is 5.32 Å². The van der Waals surface area contributed by atoms with E-state index in [2.05, 4.69) is 5.32 Å². The van der Waals surface area contributed by atoms with Crippen LogP contribution < -0.4 is 5.32 Å². The van der Waals surface area contributed by atoms with Crippen LogP contribution in [0.2, 0.25) is 10.0 Å². The number of anilines is 1. The Hall–Kier alpha value is -1.48. The molecule has 3 rings (SSSR count). The van der Waals surface area contributed by atoms with Crippen molar-refractivity contribution in [2.45, 2.75) is 6.42 Å². The second-order valence-corrected chi connectivity index (χ2v) is 6.20. The van der Waals surface area contributed by atoms with Gasteiger partial charge in [0.1, 0.15) is 0 Å². The number of benzene rings is 2. The van der Waals surface area contributed by atoms with Crippen LogP contribution in [0.15, 0.2) is 36.4 Å². The first-order valence-electron chi connectivity index (χ1n) is 6.76. The van der Waals surface area contributed by atoms with Crippen LogP contribution in [0.3, 0.4) is 0 Å². The molecule has 0 aromatic heterocycles. The summed E-state index contributed by atoms with van der Waals surface area (Å²) in [5.74, 6) is 0.426. The summed E-state index contributed by atoms with van der Waals surface area (Å²) in [7, 11) is 0. The number of alkyl halides is 1. The second-order valence-electron chi connectivity index (χ2n) is 5.00. The highest BCUT2D eigenvalue weighted by molar-refractivity contribution is 6.42. The zero-order valence-electron chi connectivity index (χ0n) is 11.5. The first-order valence-corrected chi connectivity index (χ1v) is 8.05. The molecule has 0 unspecified atom stereocenters. The Kier molecular flexibility index (Phi) is 4.44. The van der Waals surface area contributed by atoms with Gasteiger partial charge in [-0.25, -0.2) is 0 Å². The van der Waals surface area contributed by atoms with Crippen molar-refractivity contribution in [3.63, 3.8) is 0 Å². The van der Waals surface area contributed by atoms with Crippen LogP contribution in [0, 0.1) is 0 Å². The second kappa shape index (κ2) is 6.33. The number of hydrogen-bond donors (Lipinski definition) is 1. The molecule has 0 fully saturated rings. The number of hydrogen-bond acceptors (Lipinski definition) is 1. The zero-order valence-corrected chi connectivity index (χ0v) is 13.8. The third kappa shape index (κ3) is 3.00. The van der Waals surface area contributed by atoms with Crippen LogP contribution in [0.4, 0.5) is 5.69 Å². The molecule has 0 spiro atoms. The van der Waals surface area contributed by atoms with Crippen molar-refractivity contribution in [2.75, 3.05) is 11.2 Å². The normalized spacial score (nSPS) is 15.0. The number of nitrogens with one attached hydrogen (secondary N) is 1. The number of fused-ring (bicyclic) bond motifs is 1. The number of carbonyl (C=O) groups excluding carboxylic acids is 1. The number of halogens is 3. The van der Waals surface area contributed by atoms with Crippen LogP contribution in [0.5, 0.6) is 0 Å². The maximum absolute atomic E-state index is 12.2. The van der Waals surface area contributed by atoms with E-state index in [0.29, 0.717) is 21.5 Å². The predicted octanol–water partition coefficient (Wildman–Crippen LogP) is 5.27. The highest BCUT2D eigenvalue weighted by atomic mass is 35.5. The topological polar surface area (TPSA) is 29.1 Å². The van der Waals surface area contributed by atoms with E-state index in [1.165, 1.54) is 0 Å². The molecule has 112 valence electrons. The molecule has 2 aromatic carbocycles. The lowest BCUT2D eigenvalue weighted by atomic mass is 10.0. The summed E-state index contributed by atoms with van der Waals surface area (Å²) in [6.45, 7) is 0. The highest BCUT2D eigenvalue weighted by Crippen LogP contribution is 2.34. The maximum Gasteiger partial charge on any atom is 0.256 e. The fourth-order valence-electron chi connectivity index (χ4n) is 2.41. The molecule has 0 radical (unpaired) electrons. The summed E-state index contributed by atoms with van der Waals surface area (Å²) in [5.41, 5.74) is 4.25. The minimum atomic E-state index is -0.121. The number of amides is 1. The van der Waals surface area contributed by atoms with Gasteiger partial charge in [0.05, 0.1) is 10.0 Å². The molecule has 22 heavy (non-hydrogen) atoms. The van der Waals surface area contributed by atoms with Gasteiger partial charge in [-0.05, 0) is 47.9 Å². The summed E-state index contributed by atoms with van der Waals surface area (Å²) in [6, 6.07) is 11.2. The van der Waals surface area contributed by atoms with Gasteiger partial charge in [-0.1, -0.05) is 35.3 Å². The number of carbonyl (C=O) groups is 1. The van der Waals surface area contributed by atoms with Gasteiger partial charge in [0, 0.05) is 22.7 Å². The van der Waals surface area contributed by atoms with Crippen LogP contribution in [-0.4, -0.2) is 11.8 Å². The molecular weight excluding hydrogens is 341 g/mol. The molecule has 2 nitrogen and oxygen atoms in total. The van der Waals surface area contributed by atoms with E-state index in [0.717, 1.165) is 28.8 Å². The molecule has 0 saturated heterocycles. The minimum absolute atomic E-state index is 0.121. The van der Waals surface area contributed by atoms with Gasteiger partial charge in [-0.2, -0.15) is 0 Å². The SMILES string of the molecule is O=C1Nc2ccc(CCCl)cc2C1=Cc1ccc(Cl)c(Cl)c1. The van der Waals surface area contributed by atoms with Gasteiger partial charge in [-0.3, -0.25) is 4.79 Å². The van der Waals surface area contributed by atoms with Crippen LogP contribution in [0.1, 0.15) is 16.7 Å². The van der Waals surface area contributed by atoms with Crippen LogP contribution >= 0.6 is 34.8 Å². The molecule has 5 heteroatoms. The van der Waals surface area contributed by atoms with Gasteiger partial charge in [0.25, 0.3) is 5.91 Å². The molecule has 0 bridgehead atoms. The van der Waals surface area contributed by atoms with E-state index in [-0.39, 0.29) is 5.91 Å². The van der Waals surface area contributed by atoms with Crippen molar-refractivity contribution in [3.8, 4) is 0 Å². The van der Waals surface area contributed by atoms with E-state index in [9.17, 15) is 4.79 Å². The van der Waals surface area contributed by atoms with Crippen molar-refractivity contribution in [3.05, 3.63) is 63.1 Å². The molecule has 1 N–H and O–H groups in total. The van der Waals surface area contributed by atoms with Gasteiger partial charge in [0.2, 0.25) is 0 Å². The first-order chi connectivity index (χ1) is 10.6. The lowest BCUT2D eigenvalue weighted by Gasteiger charge is -2.03. The van der Waals surface area contributed by atoms with Crippen molar-refractivity contribution in [1.29, 1.82) is 0 Å². The number of aryl methyl sites for hydroxylation is 1. The van der Waals surface area contributed by atoms with Crippen molar-refractivity contribution in [1.82, 2.24) is 0 Å². The third-order valence-corrected chi connectivity index (χ3v) is 4.43.